The van der Waals surface area contributed by atoms with Gasteiger partial charge in [-0.05, 0) is 15.9 Å². The van der Waals surface area contributed by atoms with E-state index >= 15 is 0 Å². The second kappa shape index (κ2) is 5.70. The summed E-state index contributed by atoms with van der Waals surface area (Å²) in [4.78, 5) is 6.65. The SMILES string of the molecule is Cn1cc(-c2cnn3c(N)c(Br)c(N4CCS(=O)(=O)CC4)nc23)cn1. The number of halogens is 1. The number of fused-ring (bicyclic) bond motifs is 1. The zero-order valence-electron chi connectivity index (χ0n) is 13.4. The lowest BCUT2D eigenvalue weighted by molar-refractivity contribution is 0.586. The van der Waals surface area contributed by atoms with E-state index in [4.69, 9.17) is 10.7 Å². The first-order valence-corrected chi connectivity index (χ1v) is 10.2. The summed E-state index contributed by atoms with van der Waals surface area (Å²) >= 11 is 3.48. The first-order valence-electron chi connectivity index (χ1n) is 7.63. The molecule has 3 aromatic rings. The number of nitrogens with two attached hydrogens (primary N) is 1. The van der Waals surface area contributed by atoms with Gasteiger partial charge in [0, 0.05) is 37.5 Å². The van der Waals surface area contributed by atoms with Gasteiger partial charge in [0.15, 0.2) is 15.5 Å². The van der Waals surface area contributed by atoms with E-state index in [2.05, 4.69) is 26.1 Å². The molecule has 9 nitrogen and oxygen atoms in total. The molecule has 132 valence electrons. The minimum absolute atomic E-state index is 0.112. The highest BCUT2D eigenvalue weighted by Gasteiger charge is 2.26. The average Bonchev–Trinajstić information content (AvgIpc) is 3.17. The van der Waals surface area contributed by atoms with Crippen LogP contribution in [0.5, 0.6) is 0 Å². The van der Waals surface area contributed by atoms with Gasteiger partial charge < -0.3 is 10.6 Å². The summed E-state index contributed by atoms with van der Waals surface area (Å²) in [6.07, 6.45) is 5.32. The average molecular weight is 426 g/mol. The molecule has 25 heavy (non-hydrogen) atoms. The first-order chi connectivity index (χ1) is 11.9. The predicted octanol–water partition coefficient (Wildman–Crippen LogP) is 0.709. The Kier molecular flexibility index (Phi) is 3.72. The van der Waals surface area contributed by atoms with Gasteiger partial charge in [-0.15, -0.1) is 0 Å². The van der Waals surface area contributed by atoms with Crippen LogP contribution in [-0.2, 0) is 16.9 Å². The second-order valence-corrected chi connectivity index (χ2v) is 9.07. The second-order valence-electron chi connectivity index (χ2n) is 5.97. The summed E-state index contributed by atoms with van der Waals surface area (Å²) < 4.78 is 27.3. The Balaban J connectivity index is 1.84. The maximum atomic E-state index is 11.7. The highest BCUT2D eigenvalue weighted by Crippen LogP contribution is 2.34. The molecule has 0 bridgehead atoms. The van der Waals surface area contributed by atoms with Gasteiger partial charge in [-0.2, -0.15) is 14.7 Å². The standard InChI is InChI=1S/C14H16BrN7O2S/c1-20-8-9(6-17-20)10-7-18-22-12(16)11(15)14(19-13(10)22)21-2-4-25(23,24)5-3-21/h6-8H,2-5,16H2,1H3. The van der Waals surface area contributed by atoms with E-state index in [0.717, 1.165) is 11.1 Å². The Morgan fingerprint density at radius 3 is 2.56 bits per heavy atom. The van der Waals surface area contributed by atoms with E-state index in [1.165, 1.54) is 0 Å². The van der Waals surface area contributed by atoms with Crippen molar-refractivity contribution in [1.82, 2.24) is 24.4 Å². The summed E-state index contributed by atoms with van der Waals surface area (Å²) in [5.74, 6) is 1.27. The molecule has 2 N–H and O–H groups in total. The molecule has 0 aliphatic carbocycles. The summed E-state index contributed by atoms with van der Waals surface area (Å²) in [6.45, 7) is 0.778. The van der Waals surface area contributed by atoms with Crippen molar-refractivity contribution in [2.75, 3.05) is 35.2 Å². The molecule has 3 aromatic heterocycles. The molecule has 0 spiro atoms. The summed E-state index contributed by atoms with van der Waals surface area (Å²) in [7, 11) is -1.13. The van der Waals surface area contributed by atoms with E-state index in [9.17, 15) is 8.42 Å². The Morgan fingerprint density at radius 1 is 1.20 bits per heavy atom. The fraction of sp³-hybridized carbons (Fsp3) is 0.357. The van der Waals surface area contributed by atoms with Gasteiger partial charge in [0.05, 0.1) is 23.9 Å². The van der Waals surface area contributed by atoms with Crippen molar-refractivity contribution < 1.29 is 8.42 Å². The fourth-order valence-corrected chi connectivity index (χ4v) is 4.59. The van der Waals surface area contributed by atoms with Gasteiger partial charge in [0.1, 0.15) is 16.1 Å². The molecule has 0 radical (unpaired) electrons. The third kappa shape index (κ3) is 2.76. The van der Waals surface area contributed by atoms with Crippen LogP contribution in [0.15, 0.2) is 23.1 Å². The monoisotopic (exact) mass is 425 g/mol. The van der Waals surface area contributed by atoms with Gasteiger partial charge in [0.2, 0.25) is 0 Å². The van der Waals surface area contributed by atoms with Gasteiger partial charge >= 0.3 is 0 Å². The number of sulfone groups is 1. The number of hydrogen-bond donors (Lipinski definition) is 1. The van der Waals surface area contributed by atoms with Crippen molar-refractivity contribution in [1.29, 1.82) is 0 Å². The van der Waals surface area contributed by atoms with Crippen LogP contribution in [0.25, 0.3) is 16.8 Å². The predicted molar refractivity (Wildman–Crippen MR) is 98.2 cm³/mol. The zero-order chi connectivity index (χ0) is 17.8. The number of aryl methyl sites for hydroxylation is 1. The Morgan fingerprint density at radius 2 is 1.92 bits per heavy atom. The molecule has 11 heteroatoms. The van der Waals surface area contributed by atoms with Gasteiger partial charge in [-0.25, -0.2) is 13.4 Å². The number of nitrogens with zero attached hydrogens (tertiary/aromatic N) is 6. The van der Waals surface area contributed by atoms with Crippen LogP contribution in [0, 0.1) is 0 Å². The molecular weight excluding hydrogens is 410 g/mol. The minimum atomic E-state index is -2.97. The van der Waals surface area contributed by atoms with Crippen molar-refractivity contribution in [2.24, 2.45) is 7.05 Å². The van der Waals surface area contributed by atoms with Crippen molar-refractivity contribution in [3.63, 3.8) is 0 Å². The van der Waals surface area contributed by atoms with Gasteiger partial charge in [0.25, 0.3) is 0 Å². The van der Waals surface area contributed by atoms with Crippen molar-refractivity contribution in [3.8, 4) is 11.1 Å². The lowest BCUT2D eigenvalue weighted by Gasteiger charge is -2.28. The van der Waals surface area contributed by atoms with Crippen LogP contribution in [0.3, 0.4) is 0 Å². The van der Waals surface area contributed by atoms with Crippen LogP contribution in [-0.4, -0.2) is 57.4 Å². The molecule has 4 rings (SSSR count). The van der Waals surface area contributed by atoms with Crippen molar-refractivity contribution in [2.45, 2.75) is 0 Å². The highest BCUT2D eigenvalue weighted by atomic mass is 79.9. The maximum Gasteiger partial charge on any atom is 0.167 e. The van der Waals surface area contributed by atoms with Crippen molar-refractivity contribution in [3.05, 3.63) is 23.1 Å². The molecule has 0 aromatic carbocycles. The van der Waals surface area contributed by atoms with E-state index in [1.807, 2.05) is 18.1 Å². The molecular formula is C14H16BrN7O2S. The topological polar surface area (TPSA) is 111 Å². The van der Waals surface area contributed by atoms with Gasteiger partial charge in [-0.3, -0.25) is 4.68 Å². The fourth-order valence-electron chi connectivity index (χ4n) is 2.88. The Labute approximate surface area is 152 Å². The maximum absolute atomic E-state index is 11.7. The number of nitrogen functional groups attached to an aromatic ring is 1. The van der Waals surface area contributed by atoms with Crippen LogP contribution in [0.4, 0.5) is 11.6 Å². The Bertz CT molecular complexity index is 1060. The van der Waals surface area contributed by atoms with Crippen LogP contribution in [0.1, 0.15) is 0 Å². The molecule has 0 amide bonds. The van der Waals surface area contributed by atoms with E-state index in [-0.39, 0.29) is 11.5 Å². The quantitative estimate of drug-likeness (QED) is 0.643. The smallest absolute Gasteiger partial charge is 0.167 e. The molecule has 0 saturated carbocycles. The number of aromatic nitrogens is 5. The molecule has 1 aliphatic heterocycles. The summed E-state index contributed by atoms with van der Waals surface area (Å²) in [5, 5.41) is 8.50. The largest absolute Gasteiger partial charge is 0.383 e. The van der Waals surface area contributed by atoms with E-state index < -0.39 is 9.84 Å². The summed E-state index contributed by atoms with van der Waals surface area (Å²) in [5.41, 5.74) is 8.54. The zero-order valence-corrected chi connectivity index (χ0v) is 15.8. The molecule has 4 heterocycles. The molecule has 1 aliphatic rings. The summed E-state index contributed by atoms with van der Waals surface area (Å²) in [6, 6.07) is 0. The molecule has 0 atom stereocenters. The Hall–Kier alpha value is -2.14. The van der Waals surface area contributed by atoms with Crippen molar-refractivity contribution >= 4 is 43.1 Å². The normalized spacial score (nSPS) is 17.3. The minimum Gasteiger partial charge on any atom is -0.383 e. The molecule has 1 fully saturated rings. The third-order valence-electron chi connectivity index (χ3n) is 4.26. The lowest BCUT2D eigenvalue weighted by atomic mass is 10.2. The first kappa shape index (κ1) is 16.3. The number of hydrogen-bond acceptors (Lipinski definition) is 7. The lowest BCUT2D eigenvalue weighted by Crippen LogP contribution is -2.41. The number of rotatable bonds is 2. The van der Waals surface area contributed by atoms with Crippen LogP contribution >= 0.6 is 15.9 Å². The highest BCUT2D eigenvalue weighted by molar-refractivity contribution is 9.10. The van der Waals surface area contributed by atoms with Crippen LogP contribution < -0.4 is 10.6 Å². The van der Waals surface area contributed by atoms with E-state index in [1.54, 1.807) is 21.6 Å². The van der Waals surface area contributed by atoms with E-state index in [0.29, 0.717) is 34.8 Å². The number of anilines is 2. The third-order valence-corrected chi connectivity index (χ3v) is 6.63. The van der Waals surface area contributed by atoms with Gasteiger partial charge in [-0.1, -0.05) is 0 Å². The van der Waals surface area contributed by atoms with Crippen LogP contribution in [0.2, 0.25) is 0 Å². The molecule has 0 unspecified atom stereocenters. The molecule has 1 saturated heterocycles.